The molecule has 5 aromatic carbocycles. The zero-order valence-electron chi connectivity index (χ0n) is 27.8. The Morgan fingerprint density at radius 3 is 1.92 bits per heavy atom. The number of fused-ring (bicyclic) bond motifs is 2. The molecule has 0 saturated heterocycles. The number of pyridine rings is 1. The average Bonchev–Trinajstić information content (AvgIpc) is 3.11. The van der Waals surface area contributed by atoms with Gasteiger partial charge in [-0.05, 0) is 96.1 Å². The highest BCUT2D eigenvalue weighted by atomic mass is 19.4. The second-order valence-corrected chi connectivity index (χ2v) is 12.3. The quantitative estimate of drug-likeness (QED) is 0.0552. The highest BCUT2D eigenvalue weighted by Gasteiger charge is 2.30. The van der Waals surface area contributed by atoms with E-state index in [2.05, 4.69) is 0 Å². The summed E-state index contributed by atoms with van der Waals surface area (Å²) in [6.45, 7) is 5.09. The van der Waals surface area contributed by atoms with Crippen LogP contribution in [0.4, 0.5) is 13.2 Å². The van der Waals surface area contributed by atoms with E-state index in [4.69, 9.17) is 18.6 Å². The number of ether oxygens (including phenoxy) is 3. The molecule has 0 amide bonds. The molecule has 2 aromatic heterocycles. The summed E-state index contributed by atoms with van der Waals surface area (Å²) in [5, 5.41) is 3.32. The van der Waals surface area contributed by atoms with Gasteiger partial charge in [0.05, 0.1) is 38.5 Å². The lowest BCUT2D eigenvalue weighted by Gasteiger charge is -2.15. The van der Waals surface area contributed by atoms with E-state index >= 15 is 0 Å². The van der Waals surface area contributed by atoms with Crippen molar-refractivity contribution in [3.63, 3.8) is 0 Å². The number of aldehydes is 1. The number of benzene rings is 5. The van der Waals surface area contributed by atoms with Gasteiger partial charge >= 0.3 is 6.18 Å². The molecule has 260 valence electrons. The third-order valence-electron chi connectivity index (χ3n) is 9.12. The van der Waals surface area contributed by atoms with Gasteiger partial charge in [-0.25, -0.2) is 0 Å². The fourth-order valence-electron chi connectivity index (χ4n) is 6.60. The lowest BCUT2D eigenvalue weighted by molar-refractivity contribution is -0.137. The van der Waals surface area contributed by atoms with Crippen LogP contribution < -0.4 is 15.9 Å². The van der Waals surface area contributed by atoms with Crippen LogP contribution in [0, 0.1) is 13.8 Å². The van der Waals surface area contributed by atoms with Crippen molar-refractivity contribution >= 4 is 49.8 Å². The number of alkyl halides is 3. The Morgan fingerprint density at radius 2 is 1.25 bits per heavy atom. The van der Waals surface area contributed by atoms with Gasteiger partial charge in [0.25, 0.3) is 11.1 Å². The molecular formula is C40H32F3NO7. The molecule has 0 radical (unpaired) electrons. The summed E-state index contributed by atoms with van der Waals surface area (Å²) in [6.07, 6.45) is -3.60. The van der Waals surface area contributed by atoms with Crippen LogP contribution in [0.2, 0.25) is 0 Å². The van der Waals surface area contributed by atoms with E-state index in [9.17, 15) is 27.6 Å². The number of carbonyl (C=O) groups excluding carboxylic acids is 1. The van der Waals surface area contributed by atoms with Gasteiger partial charge in [0.2, 0.25) is 0 Å². The van der Waals surface area contributed by atoms with Gasteiger partial charge in [0, 0.05) is 32.5 Å². The van der Waals surface area contributed by atoms with E-state index in [-0.39, 0.29) is 19.8 Å². The van der Waals surface area contributed by atoms with Crippen molar-refractivity contribution in [2.24, 2.45) is 0 Å². The van der Waals surface area contributed by atoms with Gasteiger partial charge in [-0.15, -0.1) is 0 Å². The molecular weight excluding hydrogens is 663 g/mol. The molecule has 0 N–H and O–H groups in total. The van der Waals surface area contributed by atoms with E-state index in [0.29, 0.717) is 80.4 Å². The summed E-state index contributed by atoms with van der Waals surface area (Å²) >= 11 is 0. The topological polar surface area (TPSA) is 97.0 Å². The maximum atomic E-state index is 13.6. The Morgan fingerprint density at radius 1 is 0.667 bits per heavy atom. The molecule has 0 bridgehead atoms. The summed E-state index contributed by atoms with van der Waals surface area (Å²) in [5.41, 5.74) is 3.10. The SMILES string of the molecule is Cc1cc(OCCOCCOCCn2c(=O)c3ccc4oc5ccc(-c6ccc(C(F)(F)F)cc6)cc5c5ccc(c2=O)c3c45)cc(C)c1C=O. The molecule has 0 fully saturated rings. The largest absolute Gasteiger partial charge is 0.491 e. The van der Waals surface area contributed by atoms with Crippen molar-refractivity contribution in [1.29, 1.82) is 0 Å². The second kappa shape index (κ2) is 13.7. The fraction of sp³-hybridized carbons (Fsp3) is 0.225. The minimum absolute atomic E-state index is 0.0521. The molecule has 0 saturated carbocycles. The van der Waals surface area contributed by atoms with Gasteiger partial charge in [-0.3, -0.25) is 19.0 Å². The molecule has 7 aromatic rings. The maximum Gasteiger partial charge on any atom is 0.416 e. The van der Waals surface area contributed by atoms with Gasteiger partial charge in [0.15, 0.2) is 6.29 Å². The van der Waals surface area contributed by atoms with E-state index in [1.165, 1.54) is 16.7 Å². The van der Waals surface area contributed by atoms with E-state index in [1.807, 2.05) is 38.1 Å². The summed E-state index contributed by atoms with van der Waals surface area (Å²) in [6, 6.07) is 20.8. The highest BCUT2D eigenvalue weighted by molar-refractivity contribution is 6.26. The number of nitrogens with zero attached hydrogens (tertiary/aromatic N) is 1. The first-order chi connectivity index (χ1) is 24.5. The lowest BCUT2D eigenvalue weighted by Crippen LogP contribution is -2.34. The van der Waals surface area contributed by atoms with Crippen molar-refractivity contribution in [1.82, 2.24) is 4.57 Å². The zero-order valence-corrected chi connectivity index (χ0v) is 27.8. The first-order valence-electron chi connectivity index (χ1n) is 16.4. The summed E-state index contributed by atoms with van der Waals surface area (Å²) < 4.78 is 63.7. The highest BCUT2D eigenvalue weighted by Crippen LogP contribution is 2.38. The molecule has 11 heteroatoms. The standard InChI is InChI=1S/C40H32F3NO7/c1-23-19-28(20-24(2)33(23)22-45)50-18-17-49-16-15-48-14-13-44-38(46)30-9-8-29-32-21-26(25-3-6-27(7-4-25)40(41,42)43)5-11-34(32)51-35-12-10-31(39(44)47)36(30)37(29)35/h3-12,19-22H,13-18H2,1-2H3. The number of rotatable bonds is 12. The molecule has 0 aliphatic carbocycles. The van der Waals surface area contributed by atoms with Crippen LogP contribution in [-0.4, -0.2) is 43.9 Å². The maximum absolute atomic E-state index is 13.6. The van der Waals surface area contributed by atoms with Crippen molar-refractivity contribution in [2.45, 2.75) is 26.6 Å². The van der Waals surface area contributed by atoms with Crippen LogP contribution in [0.15, 0.2) is 92.9 Å². The van der Waals surface area contributed by atoms with Gasteiger partial charge < -0.3 is 18.6 Å². The Balaban J connectivity index is 1.05. The first-order valence-corrected chi connectivity index (χ1v) is 16.4. The summed E-state index contributed by atoms with van der Waals surface area (Å²) in [7, 11) is 0. The number of hydrogen-bond donors (Lipinski definition) is 0. The number of hydrogen-bond acceptors (Lipinski definition) is 7. The second-order valence-electron chi connectivity index (χ2n) is 12.3. The molecule has 0 unspecified atom stereocenters. The molecule has 0 aliphatic heterocycles. The van der Waals surface area contributed by atoms with Crippen LogP contribution in [0.1, 0.15) is 27.0 Å². The zero-order chi connectivity index (χ0) is 35.9. The molecule has 0 atom stereocenters. The van der Waals surface area contributed by atoms with Crippen molar-refractivity contribution in [3.8, 4) is 16.9 Å². The third kappa shape index (κ3) is 6.46. The Hall–Kier alpha value is -5.52. The van der Waals surface area contributed by atoms with E-state index in [0.717, 1.165) is 34.9 Å². The minimum atomic E-state index is -4.43. The molecule has 8 nitrogen and oxygen atoms in total. The average molecular weight is 696 g/mol. The third-order valence-corrected chi connectivity index (χ3v) is 9.12. The van der Waals surface area contributed by atoms with Crippen LogP contribution in [0.5, 0.6) is 5.75 Å². The molecule has 2 heterocycles. The smallest absolute Gasteiger partial charge is 0.416 e. The summed E-state index contributed by atoms with van der Waals surface area (Å²) in [4.78, 5) is 38.4. The molecule has 51 heavy (non-hydrogen) atoms. The van der Waals surface area contributed by atoms with Crippen LogP contribution in [0.25, 0.3) is 54.6 Å². The number of aryl methyl sites for hydroxylation is 2. The predicted molar refractivity (Wildman–Crippen MR) is 189 cm³/mol. The van der Waals surface area contributed by atoms with Crippen LogP contribution in [0.3, 0.4) is 0 Å². The molecule has 7 rings (SSSR count). The number of halogens is 3. The Labute approximate surface area is 288 Å². The Bertz CT molecular complexity index is 2480. The first kappa shape index (κ1) is 34.0. The van der Waals surface area contributed by atoms with E-state index < -0.39 is 22.9 Å². The molecule has 0 spiro atoms. The minimum Gasteiger partial charge on any atom is -0.491 e. The predicted octanol–water partition coefficient (Wildman–Crippen LogP) is 8.08. The Kier molecular flexibility index (Phi) is 9.09. The lowest BCUT2D eigenvalue weighted by atomic mass is 9.95. The van der Waals surface area contributed by atoms with Gasteiger partial charge in [-0.2, -0.15) is 13.2 Å². The van der Waals surface area contributed by atoms with Crippen molar-refractivity contribution in [3.05, 3.63) is 122 Å². The van der Waals surface area contributed by atoms with Gasteiger partial charge in [0.1, 0.15) is 23.5 Å². The van der Waals surface area contributed by atoms with Gasteiger partial charge in [-0.1, -0.05) is 24.3 Å². The van der Waals surface area contributed by atoms with Crippen LogP contribution >= 0.6 is 0 Å². The van der Waals surface area contributed by atoms with Crippen molar-refractivity contribution in [2.75, 3.05) is 33.0 Å². The van der Waals surface area contributed by atoms with Crippen LogP contribution in [-0.2, 0) is 22.2 Å². The normalized spacial score (nSPS) is 12.1. The monoisotopic (exact) mass is 695 g/mol. The van der Waals surface area contributed by atoms with Crippen molar-refractivity contribution < 1.29 is 36.6 Å². The molecule has 0 aliphatic rings. The number of aromatic nitrogens is 1. The van der Waals surface area contributed by atoms with E-state index in [1.54, 1.807) is 30.3 Å². The summed E-state index contributed by atoms with van der Waals surface area (Å²) in [5.74, 6) is 0.663. The number of carbonyl (C=O) groups is 1. The fourth-order valence-corrected chi connectivity index (χ4v) is 6.60.